The third kappa shape index (κ3) is 5.18. The van der Waals surface area contributed by atoms with Crippen LogP contribution in [-0.2, 0) is 0 Å². The van der Waals surface area contributed by atoms with Crippen LogP contribution in [0.25, 0.3) is 0 Å². The van der Waals surface area contributed by atoms with Crippen molar-refractivity contribution in [2.45, 2.75) is 32.7 Å². The molecule has 1 N–H and O–H groups in total. The fourth-order valence-corrected chi connectivity index (χ4v) is 1.91. The van der Waals surface area contributed by atoms with Gasteiger partial charge < -0.3 is 10.2 Å². The first-order valence-electron chi connectivity index (χ1n) is 6.33. The van der Waals surface area contributed by atoms with E-state index < -0.39 is 0 Å². The fraction of sp³-hybridized carbons (Fsp3) is 0.571. The van der Waals surface area contributed by atoms with Crippen molar-refractivity contribution in [3.63, 3.8) is 0 Å². The highest BCUT2D eigenvalue weighted by molar-refractivity contribution is 5.45. The van der Waals surface area contributed by atoms with E-state index in [0.717, 1.165) is 25.2 Å². The quantitative estimate of drug-likeness (QED) is 0.785. The summed E-state index contributed by atoms with van der Waals surface area (Å²) in [6.07, 6.45) is 2.31. The number of rotatable bonds is 7. The Bertz CT molecular complexity index is 311. The molecule has 1 aromatic rings. The van der Waals surface area contributed by atoms with Crippen molar-refractivity contribution in [2.24, 2.45) is 0 Å². The second-order valence-electron chi connectivity index (χ2n) is 4.50. The van der Waals surface area contributed by atoms with Gasteiger partial charge in [0.25, 0.3) is 0 Å². The summed E-state index contributed by atoms with van der Waals surface area (Å²) < 4.78 is 12.8. The number of anilines is 1. The van der Waals surface area contributed by atoms with Gasteiger partial charge in [-0.3, -0.25) is 0 Å². The Morgan fingerprint density at radius 3 is 2.53 bits per heavy atom. The predicted octanol–water partition coefficient (Wildman–Crippen LogP) is 3.04. The van der Waals surface area contributed by atoms with E-state index in [0.29, 0.717) is 6.04 Å². The average Bonchev–Trinajstić information content (AvgIpc) is 2.30. The van der Waals surface area contributed by atoms with Crippen molar-refractivity contribution in [3.05, 3.63) is 30.1 Å². The first-order valence-corrected chi connectivity index (χ1v) is 6.33. The molecule has 1 rings (SSSR count). The molecule has 0 fully saturated rings. The summed E-state index contributed by atoms with van der Waals surface area (Å²) in [6.45, 7) is 6.36. The summed E-state index contributed by atoms with van der Waals surface area (Å²) in [6, 6.07) is 7.23. The SMILES string of the molecule is CCNC(C)CCCN(C)c1ccc(F)cc1. The molecule has 0 bridgehead atoms. The van der Waals surface area contributed by atoms with Gasteiger partial charge in [-0.05, 0) is 50.6 Å². The molecule has 1 atom stereocenters. The van der Waals surface area contributed by atoms with Crippen LogP contribution >= 0.6 is 0 Å². The molecular formula is C14H23FN2. The molecule has 3 heteroatoms. The minimum atomic E-state index is -0.178. The van der Waals surface area contributed by atoms with Crippen molar-refractivity contribution in [3.8, 4) is 0 Å². The highest BCUT2D eigenvalue weighted by Gasteiger charge is 2.03. The summed E-state index contributed by atoms with van der Waals surface area (Å²) in [5.74, 6) is -0.178. The highest BCUT2D eigenvalue weighted by Crippen LogP contribution is 2.13. The Labute approximate surface area is 104 Å². The van der Waals surface area contributed by atoms with Crippen LogP contribution in [0.15, 0.2) is 24.3 Å². The lowest BCUT2D eigenvalue weighted by Gasteiger charge is -2.20. The summed E-state index contributed by atoms with van der Waals surface area (Å²) in [5, 5.41) is 3.40. The second-order valence-corrected chi connectivity index (χ2v) is 4.50. The lowest BCUT2D eigenvalue weighted by Crippen LogP contribution is -2.27. The van der Waals surface area contributed by atoms with Crippen LogP contribution in [0.1, 0.15) is 26.7 Å². The number of hydrogen-bond donors (Lipinski definition) is 1. The van der Waals surface area contributed by atoms with Crippen LogP contribution in [0, 0.1) is 5.82 Å². The van der Waals surface area contributed by atoms with Gasteiger partial charge in [0.15, 0.2) is 0 Å². The van der Waals surface area contributed by atoms with E-state index in [4.69, 9.17) is 0 Å². The molecule has 0 aromatic heterocycles. The first-order chi connectivity index (χ1) is 8.13. The van der Waals surface area contributed by atoms with E-state index in [1.807, 2.05) is 19.2 Å². The van der Waals surface area contributed by atoms with Crippen molar-refractivity contribution in [1.82, 2.24) is 5.32 Å². The second kappa shape index (κ2) is 7.28. The maximum atomic E-state index is 12.8. The third-order valence-electron chi connectivity index (χ3n) is 2.95. The molecule has 1 unspecified atom stereocenters. The lowest BCUT2D eigenvalue weighted by molar-refractivity contribution is 0.513. The van der Waals surface area contributed by atoms with E-state index in [1.165, 1.54) is 18.6 Å². The molecule has 0 radical (unpaired) electrons. The van der Waals surface area contributed by atoms with Gasteiger partial charge in [-0.1, -0.05) is 6.92 Å². The number of halogens is 1. The Hall–Kier alpha value is -1.09. The largest absolute Gasteiger partial charge is 0.375 e. The minimum Gasteiger partial charge on any atom is -0.375 e. The Balaban J connectivity index is 2.29. The Morgan fingerprint density at radius 1 is 1.29 bits per heavy atom. The van der Waals surface area contributed by atoms with Crippen LogP contribution < -0.4 is 10.2 Å². The number of nitrogens with zero attached hydrogens (tertiary/aromatic N) is 1. The molecule has 0 saturated heterocycles. The van der Waals surface area contributed by atoms with Crippen LogP contribution in [0.3, 0.4) is 0 Å². The van der Waals surface area contributed by atoms with Crippen molar-refractivity contribution >= 4 is 5.69 Å². The zero-order valence-electron chi connectivity index (χ0n) is 11.0. The van der Waals surface area contributed by atoms with Gasteiger partial charge in [-0.2, -0.15) is 0 Å². The molecular weight excluding hydrogens is 215 g/mol. The topological polar surface area (TPSA) is 15.3 Å². The Morgan fingerprint density at radius 2 is 1.94 bits per heavy atom. The zero-order valence-corrected chi connectivity index (χ0v) is 11.0. The van der Waals surface area contributed by atoms with Gasteiger partial charge in [0.1, 0.15) is 5.82 Å². The molecule has 0 saturated carbocycles. The lowest BCUT2D eigenvalue weighted by atomic mass is 10.1. The summed E-state index contributed by atoms with van der Waals surface area (Å²) in [5.41, 5.74) is 1.07. The van der Waals surface area contributed by atoms with Gasteiger partial charge >= 0.3 is 0 Å². The minimum absolute atomic E-state index is 0.178. The first kappa shape index (κ1) is 14.0. The van der Waals surface area contributed by atoms with E-state index in [2.05, 4.69) is 24.1 Å². The molecule has 0 aliphatic rings. The molecule has 0 spiro atoms. The molecule has 0 heterocycles. The summed E-state index contributed by atoms with van der Waals surface area (Å²) in [7, 11) is 2.05. The van der Waals surface area contributed by atoms with Gasteiger partial charge in [-0.25, -0.2) is 4.39 Å². The predicted molar refractivity (Wildman–Crippen MR) is 72.0 cm³/mol. The van der Waals surface area contributed by atoms with Crippen molar-refractivity contribution < 1.29 is 4.39 Å². The van der Waals surface area contributed by atoms with Crippen LogP contribution in [-0.4, -0.2) is 26.2 Å². The highest BCUT2D eigenvalue weighted by atomic mass is 19.1. The molecule has 2 nitrogen and oxygen atoms in total. The average molecular weight is 238 g/mol. The molecule has 0 aliphatic heterocycles. The normalized spacial score (nSPS) is 12.5. The van der Waals surface area contributed by atoms with Crippen LogP contribution in [0.5, 0.6) is 0 Å². The standard InChI is InChI=1S/C14H23FN2/c1-4-16-12(2)6-5-11-17(3)14-9-7-13(15)8-10-14/h7-10,12,16H,4-6,11H2,1-3H3. The zero-order chi connectivity index (χ0) is 12.7. The van der Waals surface area contributed by atoms with E-state index in [1.54, 1.807) is 0 Å². The smallest absolute Gasteiger partial charge is 0.123 e. The maximum Gasteiger partial charge on any atom is 0.123 e. The number of hydrogen-bond acceptors (Lipinski definition) is 2. The van der Waals surface area contributed by atoms with Gasteiger partial charge in [0, 0.05) is 25.3 Å². The molecule has 0 aliphatic carbocycles. The van der Waals surface area contributed by atoms with Crippen LogP contribution in [0.2, 0.25) is 0 Å². The van der Waals surface area contributed by atoms with Crippen molar-refractivity contribution in [2.75, 3.05) is 25.0 Å². The van der Waals surface area contributed by atoms with Crippen LogP contribution in [0.4, 0.5) is 10.1 Å². The fourth-order valence-electron chi connectivity index (χ4n) is 1.91. The number of nitrogens with one attached hydrogen (secondary N) is 1. The molecule has 1 aromatic carbocycles. The third-order valence-corrected chi connectivity index (χ3v) is 2.95. The molecule has 17 heavy (non-hydrogen) atoms. The van der Waals surface area contributed by atoms with Gasteiger partial charge in [0.2, 0.25) is 0 Å². The van der Waals surface area contributed by atoms with Gasteiger partial charge in [-0.15, -0.1) is 0 Å². The summed E-state index contributed by atoms with van der Waals surface area (Å²) in [4.78, 5) is 2.16. The molecule has 0 amide bonds. The van der Waals surface area contributed by atoms with E-state index in [9.17, 15) is 4.39 Å². The Kier molecular flexibility index (Phi) is 5.98. The molecule has 96 valence electrons. The summed E-state index contributed by atoms with van der Waals surface area (Å²) >= 11 is 0. The van der Waals surface area contributed by atoms with Crippen molar-refractivity contribution in [1.29, 1.82) is 0 Å². The van der Waals surface area contributed by atoms with Gasteiger partial charge in [0.05, 0.1) is 0 Å². The van der Waals surface area contributed by atoms with E-state index in [-0.39, 0.29) is 5.82 Å². The monoisotopic (exact) mass is 238 g/mol. The maximum absolute atomic E-state index is 12.8. The number of benzene rings is 1. The van der Waals surface area contributed by atoms with E-state index >= 15 is 0 Å².